The fourth-order valence-electron chi connectivity index (χ4n) is 10.8. The number of rotatable bonds is 14. The molecule has 338 valence electrons. The zero-order chi connectivity index (χ0) is 45.0. The smallest absolute Gasteiger partial charge is 0.250 e. The number of carbonyl (C=O) groups is 4. The van der Waals surface area contributed by atoms with Crippen molar-refractivity contribution in [2.24, 2.45) is 11.8 Å². The van der Waals surface area contributed by atoms with Crippen molar-refractivity contribution in [1.82, 2.24) is 25.1 Å². The summed E-state index contributed by atoms with van der Waals surface area (Å²) in [5.74, 6) is -0.225. The molecule has 4 aromatic carbocycles. The number of aromatic nitrogens is 2. The van der Waals surface area contributed by atoms with Crippen LogP contribution in [0.1, 0.15) is 129 Å². The predicted octanol–water partition coefficient (Wildman–Crippen LogP) is 11.9. The molecule has 2 saturated heterocycles. The summed E-state index contributed by atoms with van der Waals surface area (Å²) >= 11 is 3.29. The zero-order valence-corrected chi connectivity index (χ0v) is 39.0. The summed E-state index contributed by atoms with van der Waals surface area (Å²) in [6.45, 7) is 1.31. The third kappa shape index (κ3) is 9.42. The van der Waals surface area contributed by atoms with E-state index in [4.69, 9.17) is 9.97 Å². The lowest BCUT2D eigenvalue weighted by atomic mass is 9.87. The first-order valence-corrected chi connectivity index (χ1v) is 25.7. The van der Waals surface area contributed by atoms with Crippen molar-refractivity contribution in [2.45, 2.75) is 108 Å². The molecule has 2 aliphatic heterocycles. The van der Waals surface area contributed by atoms with Gasteiger partial charge in [-0.3, -0.25) is 19.2 Å². The fourth-order valence-corrected chi connectivity index (χ4v) is 12.9. The molecule has 2 aromatic heterocycles. The van der Waals surface area contributed by atoms with E-state index in [0.29, 0.717) is 13.1 Å². The van der Waals surface area contributed by atoms with Crippen molar-refractivity contribution in [1.29, 1.82) is 0 Å². The molecule has 0 bridgehead atoms. The minimum atomic E-state index is -0.718. The first-order chi connectivity index (χ1) is 32.4. The molecule has 66 heavy (non-hydrogen) atoms. The van der Waals surface area contributed by atoms with Crippen molar-refractivity contribution in [3.8, 4) is 32.0 Å². The molecule has 3 amide bonds. The average molecular weight is 916 g/mol. The van der Waals surface area contributed by atoms with E-state index >= 15 is 0 Å². The highest BCUT2D eigenvalue weighted by molar-refractivity contribution is 7.15. The second kappa shape index (κ2) is 20.0. The molecule has 4 fully saturated rings. The van der Waals surface area contributed by atoms with Gasteiger partial charge < -0.3 is 15.1 Å². The topological polar surface area (TPSA) is 113 Å². The molecule has 0 spiro atoms. The van der Waals surface area contributed by atoms with Crippen LogP contribution in [0.4, 0.5) is 0 Å². The summed E-state index contributed by atoms with van der Waals surface area (Å²) < 4.78 is 0. The van der Waals surface area contributed by atoms with Crippen molar-refractivity contribution >= 4 is 46.2 Å². The highest BCUT2D eigenvalue weighted by atomic mass is 32.1. The van der Waals surface area contributed by atoms with Gasteiger partial charge in [0.25, 0.3) is 0 Å². The Labute approximate surface area is 395 Å². The maximum absolute atomic E-state index is 14.4. The number of amides is 3. The molecule has 6 aromatic rings. The molecule has 10 rings (SSSR count). The van der Waals surface area contributed by atoms with Crippen molar-refractivity contribution in [2.75, 3.05) is 13.1 Å². The maximum Gasteiger partial charge on any atom is 0.250 e. The number of benzene rings is 4. The molecule has 0 unspecified atom stereocenters. The Balaban J connectivity index is 0.793. The Morgan fingerprint density at radius 2 is 0.985 bits per heavy atom. The first kappa shape index (κ1) is 44.1. The summed E-state index contributed by atoms with van der Waals surface area (Å²) in [5, 5.41) is 5.02. The van der Waals surface area contributed by atoms with Crippen molar-refractivity contribution in [3.63, 3.8) is 0 Å². The molecule has 0 radical (unpaired) electrons. The maximum atomic E-state index is 14.4. The van der Waals surface area contributed by atoms with Crippen LogP contribution in [-0.2, 0) is 19.2 Å². The van der Waals surface area contributed by atoms with E-state index in [0.717, 1.165) is 130 Å². The Kier molecular flexibility index (Phi) is 13.3. The van der Waals surface area contributed by atoms with E-state index in [1.54, 1.807) is 22.7 Å². The van der Waals surface area contributed by atoms with Gasteiger partial charge in [-0.05, 0) is 84.7 Å². The molecule has 2 aliphatic carbocycles. The van der Waals surface area contributed by atoms with Gasteiger partial charge in [0.2, 0.25) is 17.7 Å². The van der Waals surface area contributed by atoms with Crippen LogP contribution in [0, 0.1) is 11.8 Å². The molecule has 9 nitrogen and oxygen atoms in total. The number of nitrogens with one attached hydrogen (secondary N) is 1. The minimum absolute atomic E-state index is 0.0184. The van der Waals surface area contributed by atoms with Crippen LogP contribution >= 0.6 is 22.7 Å². The van der Waals surface area contributed by atoms with Gasteiger partial charge in [0.05, 0.1) is 27.8 Å². The summed E-state index contributed by atoms with van der Waals surface area (Å²) in [5.41, 5.74) is 6.11. The van der Waals surface area contributed by atoms with Gasteiger partial charge in [-0.25, -0.2) is 9.97 Å². The van der Waals surface area contributed by atoms with Gasteiger partial charge in [-0.1, -0.05) is 135 Å². The first-order valence-electron chi connectivity index (χ1n) is 24.0. The second-order valence-electron chi connectivity index (χ2n) is 18.6. The summed E-state index contributed by atoms with van der Waals surface area (Å²) in [6, 6.07) is 35.7. The van der Waals surface area contributed by atoms with Crippen LogP contribution in [0.15, 0.2) is 122 Å². The number of Topliss-reactive ketones (excluding diaryl/α,β-unsaturated/α-hetero) is 1. The van der Waals surface area contributed by atoms with Gasteiger partial charge in [0.15, 0.2) is 0 Å². The molecule has 11 heteroatoms. The normalized spacial score (nSPS) is 19.9. The highest BCUT2D eigenvalue weighted by Crippen LogP contribution is 2.42. The monoisotopic (exact) mass is 915 g/mol. The van der Waals surface area contributed by atoms with Gasteiger partial charge >= 0.3 is 0 Å². The quantitative estimate of drug-likeness (QED) is 0.116. The third-order valence-corrected chi connectivity index (χ3v) is 16.8. The number of hydrogen-bond donors (Lipinski definition) is 1. The number of thiazole rings is 2. The summed E-state index contributed by atoms with van der Waals surface area (Å²) in [6.07, 6.45) is 15.6. The van der Waals surface area contributed by atoms with Crippen LogP contribution in [0.2, 0.25) is 0 Å². The van der Waals surface area contributed by atoms with Crippen LogP contribution < -0.4 is 5.32 Å². The van der Waals surface area contributed by atoms with E-state index < -0.39 is 12.0 Å². The second-order valence-corrected chi connectivity index (χ2v) is 20.7. The van der Waals surface area contributed by atoms with E-state index in [-0.39, 0.29) is 53.8 Å². The van der Waals surface area contributed by atoms with Gasteiger partial charge in [-0.15, -0.1) is 22.7 Å². The van der Waals surface area contributed by atoms with Crippen molar-refractivity contribution in [3.05, 3.63) is 143 Å². The molecule has 2 saturated carbocycles. The molecule has 4 heterocycles. The van der Waals surface area contributed by atoms with E-state index in [1.807, 2.05) is 82.9 Å². The number of nitrogens with zero attached hydrogens (tertiary/aromatic N) is 4. The lowest BCUT2D eigenvalue weighted by Crippen LogP contribution is -2.44. The fraction of sp³-hybridized carbons (Fsp3) is 0.382. The Bertz CT molecular complexity index is 2450. The van der Waals surface area contributed by atoms with Crippen LogP contribution in [0.25, 0.3) is 32.0 Å². The molecule has 1 N–H and O–H groups in total. The van der Waals surface area contributed by atoms with Crippen LogP contribution in [0.3, 0.4) is 0 Å². The lowest BCUT2D eigenvalue weighted by molar-refractivity contribution is -0.138. The van der Waals surface area contributed by atoms with Crippen molar-refractivity contribution < 1.29 is 19.2 Å². The van der Waals surface area contributed by atoms with Gasteiger partial charge in [-0.2, -0.15) is 0 Å². The Hall–Kier alpha value is -5.78. The third-order valence-electron chi connectivity index (χ3n) is 14.5. The molecular weight excluding hydrogens is 859 g/mol. The van der Waals surface area contributed by atoms with Crippen LogP contribution in [-0.4, -0.2) is 56.4 Å². The SMILES string of the molecule is O=C(C[C@H](C(=O)N1CCC[C@H]1c1ncc(-c2ccc(-c3ccc(-c4cnc([C@@H]5CCCN5C(=O)[C@H](NC(=O)C5CCCC5)c5ccccc5)s4)cc3)cc2)s1)c1ccccc1)C1CCCC1. The highest BCUT2D eigenvalue weighted by Gasteiger charge is 2.40. The van der Waals surface area contributed by atoms with Crippen LogP contribution in [0.5, 0.6) is 0 Å². The lowest BCUT2D eigenvalue weighted by Gasteiger charge is -2.29. The predicted molar refractivity (Wildman–Crippen MR) is 262 cm³/mol. The summed E-state index contributed by atoms with van der Waals surface area (Å²) in [7, 11) is 0. The largest absolute Gasteiger partial charge is 0.340 e. The number of likely N-dealkylation sites (tertiary alicyclic amines) is 2. The zero-order valence-electron chi connectivity index (χ0n) is 37.4. The van der Waals surface area contributed by atoms with E-state index in [1.165, 1.54) is 0 Å². The average Bonchev–Trinajstić information content (AvgIpc) is 4.22. The summed E-state index contributed by atoms with van der Waals surface area (Å²) in [4.78, 5) is 71.2. The minimum Gasteiger partial charge on any atom is -0.340 e. The van der Waals surface area contributed by atoms with Gasteiger partial charge in [0, 0.05) is 43.7 Å². The Morgan fingerprint density at radius 3 is 1.50 bits per heavy atom. The van der Waals surface area contributed by atoms with Gasteiger partial charge in [0.1, 0.15) is 21.8 Å². The molecular formula is C55H57N5O4S2. The van der Waals surface area contributed by atoms with E-state index in [9.17, 15) is 19.2 Å². The number of carbonyl (C=O) groups excluding carboxylic acids is 4. The number of hydrogen-bond acceptors (Lipinski definition) is 8. The molecule has 4 atom stereocenters. The standard InChI is InChI=1S/C55H57N5O4S2/c61-47(39-15-7-8-16-39)33-44(38-13-3-1-4-14-38)54(63)59-31-11-21-45(59)52-56-34-48(65-52)40-27-23-36(24-28-40)37-25-29-41(30-26-37)49-35-57-53(66-49)46-22-12-32-60(46)55(64)50(42-17-5-2-6-18-42)58-51(62)43-19-9-10-20-43/h1-6,13-14,17-18,23-30,34-35,39,43-46,50H,7-12,15-16,19-22,31-33H2,(H,58,62)/t44-,45-,46-,50+/m0/s1. The number of ketones is 1. The Morgan fingerprint density at radius 1 is 0.530 bits per heavy atom. The molecule has 4 aliphatic rings. The van der Waals surface area contributed by atoms with E-state index in [2.05, 4.69) is 53.8 Å².